The van der Waals surface area contributed by atoms with Crippen LogP contribution in [0.15, 0.2) is 30.3 Å². The third-order valence-corrected chi connectivity index (χ3v) is 8.17. The molecule has 0 atom stereocenters. The SMILES string of the molecule is CCCCC(=O)Nc1nn2c(-c3cc(OC)ccc3NS(C)(=O)=O)nnc2/c1=C\c1ccc(N(CC)CCCC)s1. The van der Waals surface area contributed by atoms with Crippen LogP contribution < -0.4 is 24.9 Å². The van der Waals surface area contributed by atoms with Gasteiger partial charge in [-0.3, -0.25) is 9.52 Å². The minimum atomic E-state index is -3.58. The van der Waals surface area contributed by atoms with Crippen molar-refractivity contribution in [1.82, 2.24) is 19.8 Å². The molecule has 0 spiro atoms. The highest BCUT2D eigenvalue weighted by atomic mass is 32.2. The Bertz CT molecular complexity index is 1660. The zero-order chi connectivity index (χ0) is 29.6. The van der Waals surface area contributed by atoms with Crippen LogP contribution in [0, 0.1) is 0 Å². The number of carbonyl (C=O) groups is 1. The summed E-state index contributed by atoms with van der Waals surface area (Å²) in [6, 6.07) is 9.08. The quantitative estimate of drug-likeness (QED) is 0.216. The normalized spacial score (nSPS) is 12.2. The Balaban J connectivity index is 1.85. The average molecular weight is 600 g/mol. The van der Waals surface area contributed by atoms with Crippen LogP contribution in [0.25, 0.3) is 23.1 Å². The van der Waals surface area contributed by atoms with Crippen molar-refractivity contribution < 1.29 is 17.9 Å². The minimum Gasteiger partial charge on any atom is -0.497 e. The van der Waals surface area contributed by atoms with Crippen molar-refractivity contribution in [3.05, 3.63) is 40.4 Å². The number of sulfonamides is 1. The maximum absolute atomic E-state index is 12.7. The number of benzene rings is 1. The zero-order valence-electron chi connectivity index (χ0n) is 24.1. The lowest BCUT2D eigenvalue weighted by molar-refractivity contribution is -0.116. The molecule has 3 aromatic heterocycles. The summed E-state index contributed by atoms with van der Waals surface area (Å²) in [5, 5.41) is 18.2. The van der Waals surface area contributed by atoms with E-state index in [4.69, 9.17) is 4.74 Å². The number of thiophene rings is 1. The Morgan fingerprint density at radius 2 is 1.90 bits per heavy atom. The van der Waals surface area contributed by atoms with Gasteiger partial charge in [0, 0.05) is 30.0 Å². The second-order valence-corrected chi connectivity index (χ2v) is 12.6. The molecule has 0 aliphatic carbocycles. The molecular formula is C28H37N7O4S2. The van der Waals surface area contributed by atoms with Crippen molar-refractivity contribution in [2.45, 2.75) is 52.9 Å². The summed E-state index contributed by atoms with van der Waals surface area (Å²) >= 11 is 1.66. The molecule has 0 saturated heterocycles. The van der Waals surface area contributed by atoms with Crippen molar-refractivity contribution >= 4 is 55.5 Å². The first kappa shape index (κ1) is 30.3. The molecule has 4 aromatic rings. The van der Waals surface area contributed by atoms with E-state index in [9.17, 15) is 13.2 Å². The molecule has 4 rings (SSSR count). The van der Waals surface area contributed by atoms with E-state index in [0.29, 0.717) is 45.9 Å². The summed E-state index contributed by atoms with van der Waals surface area (Å²) in [5.41, 5.74) is 1.18. The van der Waals surface area contributed by atoms with Crippen molar-refractivity contribution in [3.63, 3.8) is 0 Å². The van der Waals surface area contributed by atoms with E-state index in [0.717, 1.165) is 49.9 Å². The third kappa shape index (κ3) is 7.33. The lowest BCUT2D eigenvalue weighted by atomic mass is 10.1. The number of nitrogens with zero attached hydrogens (tertiary/aromatic N) is 5. The first-order chi connectivity index (χ1) is 19.7. The van der Waals surface area contributed by atoms with Crippen LogP contribution in [0.4, 0.5) is 16.5 Å². The van der Waals surface area contributed by atoms with E-state index in [1.807, 2.05) is 19.1 Å². The number of anilines is 3. The van der Waals surface area contributed by atoms with E-state index in [1.165, 1.54) is 16.6 Å². The number of hydrogen-bond donors (Lipinski definition) is 2. The first-order valence-electron chi connectivity index (χ1n) is 13.7. The fourth-order valence-corrected chi connectivity index (χ4v) is 5.97. The number of hydrogen-bond acceptors (Lipinski definition) is 9. The van der Waals surface area contributed by atoms with Gasteiger partial charge in [0.1, 0.15) is 5.75 Å². The Kier molecular flexibility index (Phi) is 9.81. The van der Waals surface area contributed by atoms with Gasteiger partial charge < -0.3 is 15.0 Å². The predicted molar refractivity (Wildman–Crippen MR) is 165 cm³/mol. The number of methoxy groups -OCH3 is 1. The number of nitrogens with one attached hydrogen (secondary N) is 2. The van der Waals surface area contributed by atoms with Crippen LogP contribution in [-0.4, -0.2) is 60.6 Å². The molecular weight excluding hydrogens is 562 g/mol. The maximum Gasteiger partial charge on any atom is 0.229 e. The number of rotatable bonds is 14. The number of aromatic nitrogens is 4. The van der Waals surface area contributed by atoms with E-state index in [1.54, 1.807) is 29.5 Å². The summed E-state index contributed by atoms with van der Waals surface area (Å²) in [6.45, 7) is 8.27. The first-order valence-corrected chi connectivity index (χ1v) is 16.5. The van der Waals surface area contributed by atoms with Gasteiger partial charge in [-0.25, -0.2) is 8.42 Å². The highest BCUT2D eigenvalue weighted by Crippen LogP contribution is 2.32. The molecule has 0 aliphatic heterocycles. The van der Waals surface area contributed by atoms with Crippen LogP contribution in [0.3, 0.4) is 0 Å². The molecule has 0 fully saturated rings. The van der Waals surface area contributed by atoms with Crippen molar-refractivity contribution in [3.8, 4) is 17.1 Å². The van der Waals surface area contributed by atoms with E-state index >= 15 is 0 Å². The van der Waals surface area contributed by atoms with Crippen molar-refractivity contribution in [2.24, 2.45) is 0 Å². The molecule has 11 nitrogen and oxygen atoms in total. The molecule has 1 aromatic carbocycles. The second kappa shape index (κ2) is 13.3. The molecule has 0 radical (unpaired) electrons. The molecule has 41 heavy (non-hydrogen) atoms. The highest BCUT2D eigenvalue weighted by Gasteiger charge is 2.21. The summed E-state index contributed by atoms with van der Waals surface area (Å²) in [7, 11) is -2.05. The van der Waals surface area contributed by atoms with Crippen molar-refractivity contribution in [1.29, 1.82) is 0 Å². The van der Waals surface area contributed by atoms with Gasteiger partial charge >= 0.3 is 0 Å². The molecule has 0 aliphatic rings. The Hall–Kier alpha value is -3.71. The lowest BCUT2D eigenvalue weighted by Gasteiger charge is -2.20. The van der Waals surface area contributed by atoms with E-state index < -0.39 is 10.0 Å². The lowest BCUT2D eigenvalue weighted by Crippen LogP contribution is -2.22. The number of fused-ring (bicyclic) bond motifs is 1. The standard InChI is InChI=1S/C28H37N7O4S2/c1-6-9-11-24(36)29-26-22(18-20-13-15-25(40-20)34(8-3)16-10-7-2)28-31-30-27(35(28)32-26)21-17-19(39-4)12-14-23(21)33-41(5,37)38/h12-15,17-18,33H,6-11,16H2,1-5H3,(H,29,32,36)/b22-18-. The van der Waals surface area contributed by atoms with E-state index in [2.05, 4.69) is 50.1 Å². The molecule has 220 valence electrons. The average Bonchev–Trinajstić information content (AvgIpc) is 3.65. The summed E-state index contributed by atoms with van der Waals surface area (Å²) in [5.74, 6) is 1.04. The van der Waals surface area contributed by atoms with Gasteiger partial charge in [-0.05, 0) is 56.2 Å². The minimum absolute atomic E-state index is 0.138. The summed E-state index contributed by atoms with van der Waals surface area (Å²) in [6.07, 6.45) is 7.32. The Morgan fingerprint density at radius 3 is 2.59 bits per heavy atom. The molecule has 0 saturated carbocycles. The smallest absolute Gasteiger partial charge is 0.229 e. The topological polar surface area (TPSA) is 131 Å². The van der Waals surface area contributed by atoms with Gasteiger partial charge in [0.2, 0.25) is 15.9 Å². The number of carbonyl (C=O) groups excluding carboxylic acids is 1. The van der Waals surface area contributed by atoms with Crippen LogP contribution >= 0.6 is 11.3 Å². The molecule has 3 heterocycles. The van der Waals surface area contributed by atoms with Crippen LogP contribution in [0.1, 0.15) is 57.8 Å². The largest absolute Gasteiger partial charge is 0.497 e. The van der Waals surface area contributed by atoms with Crippen LogP contribution in [0.5, 0.6) is 5.75 Å². The number of ether oxygens (including phenoxy) is 1. The molecule has 0 unspecified atom stereocenters. The van der Waals surface area contributed by atoms with Gasteiger partial charge in [0.25, 0.3) is 0 Å². The fraction of sp³-hybridized carbons (Fsp3) is 0.429. The van der Waals surface area contributed by atoms with Crippen LogP contribution in [0.2, 0.25) is 0 Å². The van der Waals surface area contributed by atoms with Gasteiger partial charge in [-0.2, -0.15) is 4.52 Å². The zero-order valence-corrected chi connectivity index (χ0v) is 25.7. The van der Waals surface area contributed by atoms with Gasteiger partial charge in [-0.1, -0.05) is 26.7 Å². The van der Waals surface area contributed by atoms with Crippen molar-refractivity contribution in [2.75, 3.05) is 41.4 Å². The Labute approximate surface area is 244 Å². The monoisotopic (exact) mass is 599 g/mol. The molecule has 2 N–H and O–H groups in total. The summed E-state index contributed by atoms with van der Waals surface area (Å²) < 4.78 is 33.6. The van der Waals surface area contributed by atoms with Gasteiger partial charge in [-0.15, -0.1) is 26.6 Å². The van der Waals surface area contributed by atoms with Gasteiger partial charge in [0.15, 0.2) is 17.3 Å². The highest BCUT2D eigenvalue weighted by molar-refractivity contribution is 7.92. The Morgan fingerprint density at radius 1 is 1.12 bits per heavy atom. The maximum atomic E-state index is 12.7. The molecule has 1 amide bonds. The van der Waals surface area contributed by atoms with Crippen LogP contribution in [-0.2, 0) is 14.8 Å². The number of amides is 1. The number of unbranched alkanes of at least 4 members (excludes halogenated alkanes) is 2. The summed E-state index contributed by atoms with van der Waals surface area (Å²) in [4.78, 5) is 16.1. The predicted octanol–water partition coefficient (Wildman–Crippen LogP) is 4.54. The second-order valence-electron chi connectivity index (χ2n) is 9.71. The molecule has 13 heteroatoms. The van der Waals surface area contributed by atoms with E-state index in [-0.39, 0.29) is 5.91 Å². The molecule has 0 bridgehead atoms. The third-order valence-electron chi connectivity index (χ3n) is 6.49. The fourth-order valence-electron chi connectivity index (χ4n) is 4.36. The van der Waals surface area contributed by atoms with Gasteiger partial charge in [0.05, 0.1) is 29.3 Å².